The Balaban J connectivity index is 2.02. The van der Waals surface area contributed by atoms with E-state index in [9.17, 15) is 0 Å². The van der Waals surface area contributed by atoms with Gasteiger partial charge in [0.1, 0.15) is 5.75 Å². The molecule has 3 rings (SSSR count). The fraction of sp³-hybridized carbons (Fsp3) is 0.400. The van der Waals surface area contributed by atoms with Crippen LogP contribution in [0.5, 0.6) is 5.75 Å². The summed E-state index contributed by atoms with van der Waals surface area (Å²) in [6, 6.07) is 6.33. The molecule has 100 valence electrons. The molecule has 0 radical (unpaired) electrons. The number of aromatic nitrogens is 1. The number of hydrogen-bond donors (Lipinski definition) is 0. The number of rotatable bonds is 4. The van der Waals surface area contributed by atoms with Gasteiger partial charge in [-0.25, -0.2) is 4.98 Å². The minimum Gasteiger partial charge on any atom is -0.494 e. The highest BCUT2D eigenvalue weighted by Gasteiger charge is 2.18. The second-order valence-electron chi connectivity index (χ2n) is 4.68. The quantitative estimate of drug-likeness (QED) is 0.847. The van der Waals surface area contributed by atoms with Crippen molar-refractivity contribution in [2.24, 2.45) is 0 Å². The molecule has 2 heterocycles. The third kappa shape index (κ3) is 2.59. The van der Waals surface area contributed by atoms with Crippen molar-refractivity contribution >= 4 is 17.0 Å². The van der Waals surface area contributed by atoms with Crippen LogP contribution >= 0.6 is 11.3 Å². The van der Waals surface area contributed by atoms with E-state index in [4.69, 9.17) is 4.74 Å². The maximum atomic E-state index is 5.63. The Morgan fingerprint density at radius 1 is 1.32 bits per heavy atom. The highest BCUT2D eigenvalue weighted by atomic mass is 32.1. The summed E-state index contributed by atoms with van der Waals surface area (Å²) in [6.45, 7) is 4.98. The van der Waals surface area contributed by atoms with Crippen molar-refractivity contribution in [2.45, 2.75) is 19.8 Å². The Bertz CT molecular complexity index is 533. The molecule has 3 nitrogen and oxygen atoms in total. The van der Waals surface area contributed by atoms with E-state index in [1.165, 1.54) is 24.1 Å². The number of thiazole rings is 1. The first-order valence-electron chi connectivity index (χ1n) is 6.79. The average molecular weight is 274 g/mol. The molecule has 0 N–H and O–H groups in total. The van der Waals surface area contributed by atoms with E-state index in [-0.39, 0.29) is 0 Å². The second-order valence-corrected chi connectivity index (χ2v) is 5.40. The van der Waals surface area contributed by atoms with E-state index in [1.54, 1.807) is 11.3 Å². The van der Waals surface area contributed by atoms with E-state index in [0.717, 1.165) is 24.5 Å². The Labute approximate surface area is 117 Å². The maximum Gasteiger partial charge on any atom is 0.121 e. The van der Waals surface area contributed by atoms with Crippen LogP contribution in [0.2, 0.25) is 0 Å². The van der Waals surface area contributed by atoms with Crippen LogP contribution in [-0.2, 0) is 0 Å². The molecule has 4 heteroatoms. The van der Waals surface area contributed by atoms with Gasteiger partial charge in [0.05, 0.1) is 17.8 Å². The molecule has 0 atom stereocenters. The van der Waals surface area contributed by atoms with Gasteiger partial charge in [-0.2, -0.15) is 0 Å². The summed E-state index contributed by atoms with van der Waals surface area (Å²) in [5, 5.41) is 2.11. The first-order chi connectivity index (χ1) is 9.38. The topological polar surface area (TPSA) is 25.4 Å². The van der Waals surface area contributed by atoms with Gasteiger partial charge >= 0.3 is 0 Å². The van der Waals surface area contributed by atoms with E-state index in [2.05, 4.69) is 27.4 Å². The van der Waals surface area contributed by atoms with Crippen molar-refractivity contribution in [1.82, 2.24) is 4.98 Å². The van der Waals surface area contributed by atoms with Gasteiger partial charge < -0.3 is 9.64 Å². The van der Waals surface area contributed by atoms with Crippen LogP contribution < -0.4 is 9.64 Å². The molecule has 0 saturated carbocycles. The molecule has 2 aromatic rings. The Kier molecular flexibility index (Phi) is 3.69. The first-order valence-corrected chi connectivity index (χ1v) is 7.73. The minimum absolute atomic E-state index is 0.704. The molecular weight excluding hydrogens is 256 g/mol. The van der Waals surface area contributed by atoms with Gasteiger partial charge in [-0.3, -0.25) is 0 Å². The molecule has 1 aromatic carbocycles. The molecule has 0 bridgehead atoms. The van der Waals surface area contributed by atoms with Crippen LogP contribution in [0.15, 0.2) is 29.1 Å². The Morgan fingerprint density at radius 3 is 2.84 bits per heavy atom. The summed E-state index contributed by atoms with van der Waals surface area (Å²) < 4.78 is 5.63. The zero-order valence-electron chi connectivity index (χ0n) is 11.1. The van der Waals surface area contributed by atoms with Crippen LogP contribution in [0, 0.1) is 0 Å². The van der Waals surface area contributed by atoms with Crippen molar-refractivity contribution < 1.29 is 4.74 Å². The lowest BCUT2D eigenvalue weighted by molar-refractivity contribution is 0.340. The Morgan fingerprint density at radius 2 is 2.16 bits per heavy atom. The molecule has 0 unspecified atom stereocenters. The normalized spacial score (nSPS) is 14.9. The van der Waals surface area contributed by atoms with Crippen molar-refractivity contribution in [3.05, 3.63) is 29.1 Å². The van der Waals surface area contributed by atoms with Gasteiger partial charge in [-0.1, -0.05) is 0 Å². The molecule has 1 saturated heterocycles. The number of anilines is 1. The van der Waals surface area contributed by atoms with Gasteiger partial charge in [0.15, 0.2) is 0 Å². The smallest absolute Gasteiger partial charge is 0.121 e. The molecule has 0 spiro atoms. The van der Waals surface area contributed by atoms with Crippen LogP contribution in [0.25, 0.3) is 11.3 Å². The van der Waals surface area contributed by atoms with Crippen LogP contribution in [0.1, 0.15) is 19.8 Å². The van der Waals surface area contributed by atoms with Crippen molar-refractivity contribution in [1.29, 1.82) is 0 Å². The molecule has 0 aliphatic carbocycles. The molecular formula is C15H18N2OS. The van der Waals surface area contributed by atoms with Crippen LogP contribution in [0.4, 0.5) is 5.69 Å². The lowest BCUT2D eigenvalue weighted by atomic mass is 10.1. The largest absolute Gasteiger partial charge is 0.494 e. The average Bonchev–Trinajstić information content (AvgIpc) is 3.13. The summed E-state index contributed by atoms with van der Waals surface area (Å²) in [5.41, 5.74) is 5.43. The standard InChI is InChI=1S/C15H18N2OS/c1-2-18-12-5-6-13(14-10-19-11-16-14)15(9-12)17-7-3-4-8-17/h5-6,9-11H,2-4,7-8H2,1H3. The van der Waals surface area contributed by atoms with Gasteiger partial charge in [0, 0.05) is 35.8 Å². The van der Waals surface area contributed by atoms with Crippen LogP contribution in [-0.4, -0.2) is 24.7 Å². The summed E-state index contributed by atoms with van der Waals surface area (Å²) in [6.07, 6.45) is 2.55. The number of ether oxygens (including phenoxy) is 1. The third-order valence-corrected chi connectivity index (χ3v) is 4.02. The third-order valence-electron chi connectivity index (χ3n) is 3.44. The molecule has 19 heavy (non-hydrogen) atoms. The summed E-state index contributed by atoms with van der Waals surface area (Å²) in [4.78, 5) is 6.89. The number of hydrogen-bond acceptors (Lipinski definition) is 4. The van der Waals surface area contributed by atoms with Gasteiger partial charge in [-0.05, 0) is 31.9 Å². The Hall–Kier alpha value is -1.55. The van der Waals surface area contributed by atoms with E-state index >= 15 is 0 Å². The summed E-state index contributed by atoms with van der Waals surface area (Å²) >= 11 is 1.64. The molecule has 1 aliphatic rings. The van der Waals surface area contributed by atoms with Crippen LogP contribution in [0.3, 0.4) is 0 Å². The fourth-order valence-electron chi connectivity index (χ4n) is 2.55. The molecule has 0 amide bonds. The zero-order valence-corrected chi connectivity index (χ0v) is 11.9. The monoisotopic (exact) mass is 274 g/mol. The lowest BCUT2D eigenvalue weighted by Crippen LogP contribution is -2.18. The van der Waals surface area contributed by atoms with Gasteiger partial charge in [-0.15, -0.1) is 11.3 Å². The van der Waals surface area contributed by atoms with Gasteiger partial charge in [0.25, 0.3) is 0 Å². The van der Waals surface area contributed by atoms with Gasteiger partial charge in [0.2, 0.25) is 0 Å². The number of nitrogens with zero attached hydrogens (tertiary/aromatic N) is 2. The van der Waals surface area contributed by atoms with E-state index < -0.39 is 0 Å². The number of benzene rings is 1. The van der Waals surface area contributed by atoms with Crippen molar-refractivity contribution in [3.8, 4) is 17.0 Å². The fourth-order valence-corrected chi connectivity index (χ4v) is 3.10. The lowest BCUT2D eigenvalue weighted by Gasteiger charge is -2.21. The maximum absolute atomic E-state index is 5.63. The predicted octanol–water partition coefficient (Wildman–Crippen LogP) is 3.81. The zero-order chi connectivity index (χ0) is 13.1. The highest BCUT2D eigenvalue weighted by molar-refractivity contribution is 7.07. The van der Waals surface area contributed by atoms with Crippen molar-refractivity contribution in [2.75, 3.05) is 24.6 Å². The van der Waals surface area contributed by atoms with E-state index in [1.807, 2.05) is 18.5 Å². The second kappa shape index (κ2) is 5.61. The molecule has 1 aliphatic heterocycles. The predicted molar refractivity (Wildman–Crippen MR) is 80.2 cm³/mol. The van der Waals surface area contributed by atoms with E-state index in [0.29, 0.717) is 6.61 Å². The SMILES string of the molecule is CCOc1ccc(-c2cscn2)c(N2CCCC2)c1. The summed E-state index contributed by atoms with van der Waals surface area (Å²) in [5.74, 6) is 0.948. The molecule has 1 aromatic heterocycles. The highest BCUT2D eigenvalue weighted by Crippen LogP contribution is 2.35. The van der Waals surface area contributed by atoms with Crippen molar-refractivity contribution in [3.63, 3.8) is 0 Å². The molecule has 1 fully saturated rings. The minimum atomic E-state index is 0.704. The summed E-state index contributed by atoms with van der Waals surface area (Å²) in [7, 11) is 0. The first kappa shape index (κ1) is 12.5.